The number of nitrogens with one attached hydrogen (secondary N) is 2. The summed E-state index contributed by atoms with van der Waals surface area (Å²) >= 11 is 0. The van der Waals surface area contributed by atoms with E-state index in [9.17, 15) is 8.78 Å². The van der Waals surface area contributed by atoms with Crippen molar-refractivity contribution in [3.63, 3.8) is 0 Å². The van der Waals surface area contributed by atoms with Crippen molar-refractivity contribution in [2.24, 2.45) is 0 Å². The second-order valence-corrected chi connectivity index (χ2v) is 14.9. The van der Waals surface area contributed by atoms with Crippen LogP contribution < -0.4 is 9.80 Å². The number of imidazole rings is 2. The van der Waals surface area contributed by atoms with Gasteiger partial charge in [-0.3, -0.25) is 0 Å². The van der Waals surface area contributed by atoms with E-state index in [0.29, 0.717) is 11.5 Å². The molecule has 2 aliphatic heterocycles. The fourth-order valence-electron chi connectivity index (χ4n) is 7.66. The van der Waals surface area contributed by atoms with E-state index in [1.807, 2.05) is 24.3 Å². The van der Waals surface area contributed by atoms with E-state index < -0.39 is 0 Å². The Labute approximate surface area is 326 Å². The van der Waals surface area contributed by atoms with Gasteiger partial charge in [0.2, 0.25) is 0 Å². The number of hydrogen-bond donors (Lipinski definition) is 2. The minimum Gasteiger partial charge on any atom is -0.369 e. The second kappa shape index (κ2) is 15.2. The highest BCUT2D eigenvalue weighted by Crippen LogP contribution is 2.37. The number of anilines is 2. The summed E-state index contributed by atoms with van der Waals surface area (Å²) in [6, 6.07) is 38.3. The zero-order chi connectivity index (χ0) is 38.2. The van der Waals surface area contributed by atoms with Gasteiger partial charge in [0.25, 0.3) is 0 Å². The smallest absolute Gasteiger partial charge is 0.138 e. The molecule has 0 aliphatic carbocycles. The first-order valence-corrected chi connectivity index (χ1v) is 19.3. The summed E-state index contributed by atoms with van der Waals surface area (Å²) in [6.07, 6.45) is 0. The maximum Gasteiger partial charge on any atom is 0.138 e. The Kier molecular flexibility index (Phi) is 9.66. The summed E-state index contributed by atoms with van der Waals surface area (Å²) in [5.74, 6) is 0.781. The van der Waals surface area contributed by atoms with Crippen LogP contribution in [0, 0.1) is 11.6 Å². The summed E-state index contributed by atoms with van der Waals surface area (Å²) in [5.41, 5.74) is 11.2. The molecule has 2 aliphatic rings. The number of piperazine rings is 2. The van der Waals surface area contributed by atoms with Gasteiger partial charge in [0.1, 0.15) is 23.3 Å². The van der Waals surface area contributed by atoms with Crippen LogP contribution in [0.4, 0.5) is 20.2 Å². The number of aromatic amines is 2. The van der Waals surface area contributed by atoms with Crippen LogP contribution in [0.3, 0.4) is 0 Å². The van der Waals surface area contributed by atoms with Gasteiger partial charge in [0.15, 0.2) is 0 Å². The topological polar surface area (TPSA) is 70.3 Å². The van der Waals surface area contributed by atoms with Gasteiger partial charge in [-0.2, -0.15) is 0 Å². The van der Waals surface area contributed by atoms with E-state index in [1.165, 1.54) is 35.6 Å². The maximum atomic E-state index is 13.9. The molecule has 0 atom stereocenters. The van der Waals surface area contributed by atoms with Crippen molar-refractivity contribution in [2.45, 2.75) is 0 Å². The Morgan fingerprint density at radius 2 is 0.696 bits per heavy atom. The Hall–Kier alpha value is -6.10. The molecule has 4 heterocycles. The van der Waals surface area contributed by atoms with Crippen molar-refractivity contribution in [2.75, 3.05) is 76.3 Å². The van der Waals surface area contributed by atoms with Gasteiger partial charge in [-0.05, 0) is 86.9 Å². The molecule has 9 rings (SSSR count). The van der Waals surface area contributed by atoms with E-state index in [2.05, 4.69) is 92.2 Å². The third-order valence-electron chi connectivity index (χ3n) is 11.1. The first-order chi connectivity index (χ1) is 27.3. The highest BCUT2D eigenvalue weighted by atomic mass is 19.1. The lowest BCUT2D eigenvalue weighted by Gasteiger charge is -2.34. The molecule has 0 spiro atoms. The molecule has 10 heteroatoms. The summed E-state index contributed by atoms with van der Waals surface area (Å²) in [6.45, 7) is 8.30. The summed E-state index contributed by atoms with van der Waals surface area (Å²) in [4.78, 5) is 27.0. The fourth-order valence-corrected chi connectivity index (χ4v) is 7.66. The average Bonchev–Trinajstić information content (AvgIpc) is 3.89. The summed E-state index contributed by atoms with van der Waals surface area (Å²) < 4.78 is 27.7. The van der Waals surface area contributed by atoms with E-state index in [1.54, 1.807) is 24.3 Å². The van der Waals surface area contributed by atoms with Crippen LogP contribution in [0.2, 0.25) is 0 Å². The molecule has 5 aromatic carbocycles. The first kappa shape index (κ1) is 35.6. The molecule has 2 saturated heterocycles. The quantitative estimate of drug-likeness (QED) is 0.162. The van der Waals surface area contributed by atoms with Crippen molar-refractivity contribution >= 4 is 11.4 Å². The predicted molar refractivity (Wildman–Crippen MR) is 223 cm³/mol. The SMILES string of the molecule is CN1CCN(c2ccc(-c3nc(-c4ccc(-c5nc(-c6ccc(F)cc6)c(-c6ccc(F)cc6)[nH]5)cc4)[nH]c3-c3ccc(N4CCN(C)CC4)cc3)cc2)CC1. The van der Waals surface area contributed by atoms with Gasteiger partial charge in [0.05, 0.1) is 22.8 Å². The third kappa shape index (κ3) is 7.33. The van der Waals surface area contributed by atoms with Crippen molar-refractivity contribution in [1.82, 2.24) is 29.7 Å². The molecule has 0 bridgehead atoms. The molecule has 282 valence electrons. The standard InChI is InChI=1S/C46H44F2N8/c1-53-23-27-55(28-24-53)39-19-11-33(12-20-39)43-44(34-13-21-40(22-14-34)56-29-25-54(2)26-30-56)52-46(51-43)36-5-3-35(4-6-36)45-49-41(31-7-15-37(47)16-8-31)42(50-45)32-9-17-38(48)18-10-32/h3-22H,23-30H2,1-2H3,(H,49,50)(H,51,52). The van der Waals surface area contributed by atoms with Gasteiger partial charge in [-0.25, -0.2) is 18.7 Å². The van der Waals surface area contributed by atoms with Crippen LogP contribution in [-0.2, 0) is 0 Å². The van der Waals surface area contributed by atoms with Crippen LogP contribution >= 0.6 is 0 Å². The Morgan fingerprint density at radius 3 is 1.07 bits per heavy atom. The van der Waals surface area contributed by atoms with Gasteiger partial charge >= 0.3 is 0 Å². The van der Waals surface area contributed by atoms with Gasteiger partial charge in [0, 0.05) is 97.1 Å². The number of aromatic nitrogens is 4. The van der Waals surface area contributed by atoms with Crippen LogP contribution in [-0.4, -0.2) is 96.2 Å². The molecule has 8 nitrogen and oxygen atoms in total. The molecule has 2 aromatic heterocycles. The maximum absolute atomic E-state index is 13.9. The number of H-pyrrole nitrogens is 2. The largest absolute Gasteiger partial charge is 0.369 e. The van der Waals surface area contributed by atoms with Gasteiger partial charge in [-0.15, -0.1) is 0 Å². The molecule has 0 unspecified atom stereocenters. The van der Waals surface area contributed by atoms with Crippen molar-refractivity contribution in [3.8, 4) is 67.8 Å². The van der Waals surface area contributed by atoms with Crippen molar-refractivity contribution in [3.05, 3.63) is 133 Å². The molecule has 2 N–H and O–H groups in total. The molecular formula is C46H44F2N8. The lowest BCUT2D eigenvalue weighted by atomic mass is 10.0. The highest BCUT2D eigenvalue weighted by molar-refractivity contribution is 5.84. The number of halogens is 2. The van der Waals surface area contributed by atoms with E-state index in [4.69, 9.17) is 9.97 Å². The minimum absolute atomic E-state index is 0.318. The minimum atomic E-state index is -0.321. The molecule has 0 saturated carbocycles. The Balaban J connectivity index is 1.05. The number of nitrogens with zero attached hydrogens (tertiary/aromatic N) is 6. The zero-order valence-electron chi connectivity index (χ0n) is 31.6. The second-order valence-electron chi connectivity index (χ2n) is 14.9. The summed E-state index contributed by atoms with van der Waals surface area (Å²) in [7, 11) is 4.36. The van der Waals surface area contributed by atoms with E-state index in [-0.39, 0.29) is 11.6 Å². The molecule has 0 radical (unpaired) electrons. The lowest BCUT2D eigenvalue weighted by Crippen LogP contribution is -2.44. The van der Waals surface area contributed by atoms with Crippen molar-refractivity contribution < 1.29 is 8.78 Å². The monoisotopic (exact) mass is 746 g/mol. The predicted octanol–water partition coefficient (Wildman–Crippen LogP) is 8.92. The van der Waals surface area contributed by atoms with Crippen LogP contribution in [0.15, 0.2) is 121 Å². The van der Waals surface area contributed by atoms with E-state index in [0.717, 1.165) is 109 Å². The third-order valence-corrected chi connectivity index (χ3v) is 11.1. The van der Waals surface area contributed by atoms with Gasteiger partial charge < -0.3 is 29.6 Å². The zero-order valence-corrected chi connectivity index (χ0v) is 31.6. The Morgan fingerprint density at radius 1 is 0.393 bits per heavy atom. The Bertz CT molecular complexity index is 2260. The number of rotatable bonds is 8. The van der Waals surface area contributed by atoms with Crippen LogP contribution in [0.5, 0.6) is 0 Å². The highest BCUT2D eigenvalue weighted by Gasteiger charge is 2.21. The molecule has 2 fully saturated rings. The fraction of sp³-hybridized carbons (Fsp3) is 0.217. The van der Waals surface area contributed by atoms with Crippen molar-refractivity contribution in [1.29, 1.82) is 0 Å². The number of likely N-dealkylation sites (N-methyl/N-ethyl adjacent to an activating group) is 2. The van der Waals surface area contributed by atoms with Gasteiger partial charge in [-0.1, -0.05) is 48.5 Å². The lowest BCUT2D eigenvalue weighted by molar-refractivity contribution is 0.313. The molecule has 0 amide bonds. The first-order valence-electron chi connectivity index (χ1n) is 19.3. The number of benzene rings is 5. The van der Waals surface area contributed by atoms with Crippen LogP contribution in [0.25, 0.3) is 67.8 Å². The molecule has 56 heavy (non-hydrogen) atoms. The average molecular weight is 747 g/mol. The normalized spacial score (nSPS) is 15.4. The number of hydrogen-bond acceptors (Lipinski definition) is 6. The molecular weight excluding hydrogens is 703 g/mol. The summed E-state index contributed by atoms with van der Waals surface area (Å²) in [5, 5.41) is 0. The molecule has 7 aromatic rings. The van der Waals surface area contributed by atoms with Crippen LogP contribution in [0.1, 0.15) is 0 Å². The van der Waals surface area contributed by atoms with E-state index >= 15 is 0 Å².